The summed E-state index contributed by atoms with van der Waals surface area (Å²) in [5.74, 6) is -0.363. The average molecular weight is 481 g/mol. The molecule has 0 aromatic heterocycles. The first kappa shape index (κ1) is 24.8. The van der Waals surface area contributed by atoms with E-state index in [4.69, 9.17) is 21.1 Å². The Hall–Kier alpha value is -2.50. The maximum atomic E-state index is 12.8. The number of anilines is 1. The second-order valence-corrected chi connectivity index (χ2v) is 8.58. The first-order valence-corrected chi connectivity index (χ1v) is 10.7. The fraction of sp³-hybridized carbons (Fsp3) is 0.316. The van der Waals surface area contributed by atoms with Gasteiger partial charge in [-0.05, 0) is 43.3 Å². The molecule has 2 rings (SSSR count). The Morgan fingerprint density at radius 2 is 1.90 bits per heavy atom. The quantitative estimate of drug-likeness (QED) is 0.571. The Labute approximate surface area is 182 Å². The minimum atomic E-state index is -4.61. The molecule has 0 heterocycles. The molecular weight excluding hydrogens is 461 g/mol. The molecule has 0 aliphatic rings. The van der Waals surface area contributed by atoms with Crippen LogP contribution in [-0.4, -0.2) is 40.7 Å². The third-order valence-corrected chi connectivity index (χ3v) is 5.51. The molecule has 1 atom stereocenters. The topological polar surface area (TPSA) is 93.7 Å². The molecule has 0 radical (unpaired) electrons. The van der Waals surface area contributed by atoms with Gasteiger partial charge in [0.05, 0.1) is 22.1 Å². The van der Waals surface area contributed by atoms with Crippen LogP contribution in [-0.2, 0) is 25.7 Å². The standard InChI is InChI=1S/C19H20ClF3N2O5S/c1-12(10-29-2)24-18(26)11-30-17-7-6-15(9-16(17)20)31(27,28)25-14-5-3-4-13(8-14)19(21,22)23/h3-9,12,25H,10-11H2,1-2H3,(H,24,26)/t12-/m0/s1. The maximum Gasteiger partial charge on any atom is 0.416 e. The molecule has 2 N–H and O–H groups in total. The Kier molecular flexibility index (Phi) is 8.15. The zero-order chi connectivity index (χ0) is 23.2. The van der Waals surface area contributed by atoms with Gasteiger partial charge in [-0.3, -0.25) is 9.52 Å². The number of halogens is 4. The smallest absolute Gasteiger partial charge is 0.416 e. The molecule has 0 saturated carbocycles. The summed E-state index contributed by atoms with van der Waals surface area (Å²) in [4.78, 5) is 11.5. The second kappa shape index (κ2) is 10.2. The van der Waals surface area contributed by atoms with Gasteiger partial charge in [0.15, 0.2) is 6.61 Å². The van der Waals surface area contributed by atoms with Crippen molar-refractivity contribution in [3.63, 3.8) is 0 Å². The number of benzene rings is 2. The Morgan fingerprint density at radius 1 is 1.19 bits per heavy atom. The SMILES string of the molecule is COC[C@H](C)NC(=O)COc1ccc(S(=O)(=O)Nc2cccc(C(F)(F)F)c2)cc1Cl. The van der Waals surface area contributed by atoms with Gasteiger partial charge < -0.3 is 14.8 Å². The van der Waals surface area contributed by atoms with Gasteiger partial charge in [0.1, 0.15) is 5.75 Å². The largest absolute Gasteiger partial charge is 0.482 e. The minimum Gasteiger partial charge on any atom is -0.482 e. The molecule has 170 valence electrons. The minimum absolute atomic E-state index is 0.0641. The van der Waals surface area contributed by atoms with Gasteiger partial charge in [-0.15, -0.1) is 0 Å². The Morgan fingerprint density at radius 3 is 2.52 bits per heavy atom. The molecule has 0 aliphatic heterocycles. The van der Waals surface area contributed by atoms with Crippen LogP contribution in [0.3, 0.4) is 0 Å². The predicted octanol–water partition coefficient (Wildman–Crippen LogP) is 3.69. The number of hydrogen-bond donors (Lipinski definition) is 2. The van der Waals surface area contributed by atoms with Crippen LogP contribution in [0, 0.1) is 0 Å². The van der Waals surface area contributed by atoms with Crippen molar-refractivity contribution in [2.24, 2.45) is 0 Å². The number of alkyl halides is 3. The Bertz CT molecular complexity index is 1030. The average Bonchev–Trinajstić information content (AvgIpc) is 2.66. The van der Waals surface area contributed by atoms with Crippen LogP contribution >= 0.6 is 11.6 Å². The number of carbonyl (C=O) groups excluding carboxylic acids is 1. The molecule has 2 aromatic rings. The highest BCUT2D eigenvalue weighted by Crippen LogP contribution is 2.32. The van der Waals surface area contributed by atoms with Crippen molar-refractivity contribution >= 4 is 33.2 Å². The van der Waals surface area contributed by atoms with E-state index in [-0.39, 0.29) is 34.0 Å². The lowest BCUT2D eigenvalue weighted by Crippen LogP contribution is -2.38. The Balaban J connectivity index is 2.09. The molecule has 0 unspecified atom stereocenters. The lowest BCUT2D eigenvalue weighted by Gasteiger charge is -2.14. The van der Waals surface area contributed by atoms with Crippen molar-refractivity contribution < 1.29 is 35.9 Å². The van der Waals surface area contributed by atoms with Gasteiger partial charge in [-0.25, -0.2) is 8.42 Å². The molecule has 2 aromatic carbocycles. The van der Waals surface area contributed by atoms with Crippen molar-refractivity contribution in [3.8, 4) is 5.75 Å². The van der Waals surface area contributed by atoms with E-state index in [1.807, 2.05) is 0 Å². The van der Waals surface area contributed by atoms with Gasteiger partial charge in [0, 0.05) is 18.8 Å². The molecule has 31 heavy (non-hydrogen) atoms. The zero-order valence-electron chi connectivity index (χ0n) is 16.5. The monoisotopic (exact) mass is 480 g/mol. The van der Waals surface area contributed by atoms with Gasteiger partial charge in [-0.1, -0.05) is 17.7 Å². The van der Waals surface area contributed by atoms with E-state index < -0.39 is 27.7 Å². The van der Waals surface area contributed by atoms with Crippen LogP contribution in [0.25, 0.3) is 0 Å². The van der Waals surface area contributed by atoms with Crippen LogP contribution in [0.15, 0.2) is 47.4 Å². The molecule has 1 amide bonds. The van der Waals surface area contributed by atoms with Gasteiger partial charge in [0.2, 0.25) is 0 Å². The van der Waals surface area contributed by atoms with Crippen LogP contribution in [0.1, 0.15) is 12.5 Å². The van der Waals surface area contributed by atoms with Gasteiger partial charge in [-0.2, -0.15) is 13.2 Å². The van der Waals surface area contributed by atoms with E-state index in [1.165, 1.54) is 19.2 Å². The van der Waals surface area contributed by atoms with Crippen LogP contribution in [0.4, 0.5) is 18.9 Å². The predicted molar refractivity (Wildman–Crippen MR) is 109 cm³/mol. The second-order valence-electron chi connectivity index (χ2n) is 6.49. The summed E-state index contributed by atoms with van der Waals surface area (Å²) in [5.41, 5.74) is -1.25. The fourth-order valence-corrected chi connectivity index (χ4v) is 3.87. The van der Waals surface area contributed by atoms with Crippen LogP contribution in [0.5, 0.6) is 5.75 Å². The van der Waals surface area contributed by atoms with E-state index in [0.29, 0.717) is 12.7 Å². The summed E-state index contributed by atoms with van der Waals surface area (Å²) < 4.78 is 75.7. The number of amides is 1. The molecule has 12 heteroatoms. The van der Waals surface area contributed by atoms with Crippen LogP contribution in [0.2, 0.25) is 5.02 Å². The molecule has 0 spiro atoms. The van der Waals surface area contributed by atoms with Gasteiger partial charge in [0.25, 0.3) is 15.9 Å². The number of sulfonamides is 1. The van der Waals surface area contributed by atoms with E-state index in [1.54, 1.807) is 6.92 Å². The van der Waals surface area contributed by atoms with Crippen molar-refractivity contribution in [2.75, 3.05) is 25.0 Å². The number of nitrogens with one attached hydrogen (secondary N) is 2. The van der Waals surface area contributed by atoms with E-state index in [9.17, 15) is 26.4 Å². The van der Waals surface area contributed by atoms with Crippen molar-refractivity contribution in [1.29, 1.82) is 0 Å². The molecule has 0 saturated heterocycles. The normalized spacial score (nSPS) is 12.8. The lowest BCUT2D eigenvalue weighted by molar-refractivity contribution is -0.137. The molecule has 0 fully saturated rings. The van der Waals surface area contributed by atoms with E-state index in [0.717, 1.165) is 24.3 Å². The van der Waals surface area contributed by atoms with E-state index >= 15 is 0 Å². The van der Waals surface area contributed by atoms with Gasteiger partial charge >= 0.3 is 6.18 Å². The number of carbonyl (C=O) groups is 1. The summed E-state index contributed by atoms with van der Waals surface area (Å²) in [6, 6.07) is 7.02. The first-order chi connectivity index (χ1) is 14.4. The number of hydrogen-bond acceptors (Lipinski definition) is 5. The summed E-state index contributed by atoms with van der Waals surface area (Å²) in [7, 11) is -2.72. The summed E-state index contributed by atoms with van der Waals surface area (Å²) in [6.07, 6.45) is -4.61. The first-order valence-electron chi connectivity index (χ1n) is 8.83. The third-order valence-electron chi connectivity index (χ3n) is 3.84. The van der Waals surface area contributed by atoms with Crippen molar-refractivity contribution in [1.82, 2.24) is 5.32 Å². The number of methoxy groups -OCH3 is 1. The highest BCUT2D eigenvalue weighted by molar-refractivity contribution is 7.92. The highest BCUT2D eigenvalue weighted by Gasteiger charge is 2.30. The van der Waals surface area contributed by atoms with Crippen molar-refractivity contribution in [2.45, 2.75) is 24.0 Å². The molecule has 7 nitrogen and oxygen atoms in total. The van der Waals surface area contributed by atoms with Crippen molar-refractivity contribution in [3.05, 3.63) is 53.1 Å². The lowest BCUT2D eigenvalue weighted by atomic mass is 10.2. The summed E-state index contributed by atoms with van der Waals surface area (Å²) >= 11 is 6.04. The number of ether oxygens (including phenoxy) is 2. The molecular formula is C19H20ClF3N2O5S. The maximum absolute atomic E-state index is 12.8. The zero-order valence-corrected chi connectivity index (χ0v) is 18.1. The molecule has 0 bridgehead atoms. The summed E-state index contributed by atoms with van der Waals surface area (Å²) in [5, 5.41) is 2.54. The summed E-state index contributed by atoms with van der Waals surface area (Å²) in [6.45, 7) is 1.70. The van der Waals surface area contributed by atoms with Crippen LogP contribution < -0.4 is 14.8 Å². The van der Waals surface area contributed by atoms with E-state index in [2.05, 4.69) is 10.0 Å². The number of rotatable bonds is 9. The highest BCUT2D eigenvalue weighted by atomic mass is 35.5. The third kappa shape index (κ3) is 7.30. The fourth-order valence-electron chi connectivity index (χ4n) is 2.49. The molecule has 0 aliphatic carbocycles.